The van der Waals surface area contributed by atoms with Crippen LogP contribution in [0.1, 0.15) is 12.0 Å². The summed E-state index contributed by atoms with van der Waals surface area (Å²) in [4.78, 5) is 3.87. The van der Waals surface area contributed by atoms with Crippen molar-refractivity contribution in [2.45, 2.75) is 12.5 Å². The van der Waals surface area contributed by atoms with Crippen LogP contribution in [0.2, 0.25) is 0 Å². The maximum absolute atomic E-state index is 13.0. The molecular formula is C11H11FN2. The first-order valence-corrected chi connectivity index (χ1v) is 4.89. The molecule has 2 aliphatic rings. The fourth-order valence-electron chi connectivity index (χ4n) is 2.26. The van der Waals surface area contributed by atoms with Gasteiger partial charge in [-0.15, -0.1) is 0 Å². The highest BCUT2D eigenvalue weighted by molar-refractivity contribution is 5.72. The second-order valence-corrected chi connectivity index (χ2v) is 3.93. The number of aromatic nitrogens is 1. The van der Waals surface area contributed by atoms with Crippen LogP contribution >= 0.6 is 0 Å². The Hall–Kier alpha value is -1.22. The normalized spacial score (nSPS) is 29.4. The first kappa shape index (κ1) is 8.12. The summed E-state index contributed by atoms with van der Waals surface area (Å²) < 4.78 is 13.0. The molecule has 0 amide bonds. The molecule has 1 aromatic rings. The highest BCUT2D eigenvalue weighted by Gasteiger charge is 2.37. The van der Waals surface area contributed by atoms with E-state index in [9.17, 15) is 4.39 Å². The van der Waals surface area contributed by atoms with Crippen molar-refractivity contribution in [3.05, 3.63) is 35.9 Å². The predicted molar refractivity (Wildman–Crippen MR) is 52.1 cm³/mol. The fraction of sp³-hybridized carbons (Fsp3) is 0.364. The van der Waals surface area contributed by atoms with Gasteiger partial charge in [-0.1, -0.05) is 6.08 Å². The molecule has 3 heteroatoms. The quantitative estimate of drug-likeness (QED) is 0.727. The van der Waals surface area contributed by atoms with Crippen LogP contribution in [-0.2, 0) is 0 Å². The minimum atomic E-state index is -0.258. The van der Waals surface area contributed by atoms with Crippen molar-refractivity contribution in [1.29, 1.82) is 0 Å². The van der Waals surface area contributed by atoms with E-state index in [1.807, 2.05) is 0 Å². The van der Waals surface area contributed by atoms with E-state index in [0.29, 0.717) is 6.04 Å². The van der Waals surface area contributed by atoms with E-state index in [1.54, 1.807) is 12.3 Å². The third kappa shape index (κ3) is 1.09. The van der Waals surface area contributed by atoms with Crippen molar-refractivity contribution in [2.24, 2.45) is 5.92 Å². The van der Waals surface area contributed by atoms with Crippen LogP contribution in [0.25, 0.3) is 5.57 Å². The van der Waals surface area contributed by atoms with Gasteiger partial charge in [0.15, 0.2) is 0 Å². The summed E-state index contributed by atoms with van der Waals surface area (Å²) in [7, 11) is 0. The average molecular weight is 190 g/mol. The van der Waals surface area contributed by atoms with Gasteiger partial charge >= 0.3 is 0 Å². The van der Waals surface area contributed by atoms with Gasteiger partial charge in [0, 0.05) is 24.3 Å². The molecule has 1 aliphatic carbocycles. The molecule has 2 atom stereocenters. The smallest absolute Gasteiger partial charge is 0.142 e. The Kier molecular flexibility index (Phi) is 1.67. The molecule has 3 rings (SSSR count). The van der Waals surface area contributed by atoms with Crippen LogP contribution < -0.4 is 5.32 Å². The molecule has 0 bridgehead atoms. The largest absolute Gasteiger partial charge is 0.309 e. The topological polar surface area (TPSA) is 24.9 Å². The van der Waals surface area contributed by atoms with Crippen molar-refractivity contribution >= 4 is 5.57 Å². The molecule has 0 unspecified atom stereocenters. The van der Waals surface area contributed by atoms with Gasteiger partial charge in [0.2, 0.25) is 0 Å². The van der Waals surface area contributed by atoms with Crippen LogP contribution in [0.4, 0.5) is 4.39 Å². The molecule has 0 aromatic carbocycles. The Morgan fingerprint density at radius 2 is 2.36 bits per heavy atom. The lowest BCUT2D eigenvalue weighted by Crippen LogP contribution is -2.50. The second kappa shape index (κ2) is 2.89. The number of hydrogen-bond donors (Lipinski definition) is 1. The lowest BCUT2D eigenvalue weighted by molar-refractivity contribution is 0.306. The molecule has 1 saturated heterocycles. The van der Waals surface area contributed by atoms with Crippen molar-refractivity contribution in [3.8, 4) is 0 Å². The summed E-state index contributed by atoms with van der Waals surface area (Å²) in [5.41, 5.74) is 2.14. The number of fused-ring (bicyclic) bond motifs is 1. The molecule has 1 N–H and O–H groups in total. The fourth-order valence-corrected chi connectivity index (χ4v) is 2.26. The molecule has 2 nitrogen and oxygen atoms in total. The van der Waals surface area contributed by atoms with Gasteiger partial charge in [-0.05, 0) is 24.0 Å². The maximum Gasteiger partial charge on any atom is 0.142 e. The zero-order chi connectivity index (χ0) is 9.54. The van der Waals surface area contributed by atoms with E-state index >= 15 is 0 Å². The molecule has 0 spiro atoms. The summed E-state index contributed by atoms with van der Waals surface area (Å²) in [6.07, 6.45) is 6.29. The van der Waals surface area contributed by atoms with Crippen LogP contribution in [0, 0.1) is 11.7 Å². The van der Waals surface area contributed by atoms with Gasteiger partial charge in [-0.25, -0.2) is 4.39 Å². The van der Waals surface area contributed by atoms with Crippen LogP contribution in [0.3, 0.4) is 0 Å². The first-order chi connectivity index (χ1) is 6.84. The van der Waals surface area contributed by atoms with Gasteiger partial charge in [0.1, 0.15) is 5.82 Å². The molecule has 0 radical (unpaired) electrons. The van der Waals surface area contributed by atoms with Gasteiger partial charge in [-0.3, -0.25) is 4.98 Å². The number of hydrogen-bond acceptors (Lipinski definition) is 2. The second-order valence-electron chi connectivity index (χ2n) is 3.93. The highest BCUT2D eigenvalue weighted by atomic mass is 19.1. The Labute approximate surface area is 81.9 Å². The molecule has 2 heterocycles. The van der Waals surface area contributed by atoms with E-state index in [1.165, 1.54) is 11.8 Å². The molecule has 1 aliphatic heterocycles. The zero-order valence-electron chi connectivity index (χ0n) is 7.70. The monoisotopic (exact) mass is 190 g/mol. The van der Waals surface area contributed by atoms with Gasteiger partial charge < -0.3 is 5.32 Å². The molecule has 72 valence electrons. The third-order valence-electron chi connectivity index (χ3n) is 3.09. The summed E-state index contributed by atoms with van der Waals surface area (Å²) in [6, 6.07) is 2.00. The lowest BCUT2D eigenvalue weighted by atomic mass is 9.89. The van der Waals surface area contributed by atoms with Gasteiger partial charge in [-0.2, -0.15) is 0 Å². The Bertz CT molecular complexity index is 400. The summed E-state index contributed by atoms with van der Waals surface area (Å²) in [5.74, 6) is 0.472. The van der Waals surface area contributed by atoms with Crippen LogP contribution in [0.15, 0.2) is 24.5 Å². The van der Waals surface area contributed by atoms with Gasteiger partial charge in [0.05, 0.1) is 6.20 Å². The van der Waals surface area contributed by atoms with Gasteiger partial charge in [0.25, 0.3) is 0 Å². The van der Waals surface area contributed by atoms with E-state index in [4.69, 9.17) is 0 Å². The SMILES string of the molecule is Fc1cncc(C2=CC[C@@H]3CN[C@H]23)c1. The highest BCUT2D eigenvalue weighted by Crippen LogP contribution is 2.36. The predicted octanol–water partition coefficient (Wildman–Crippen LogP) is 1.60. The van der Waals surface area contributed by atoms with E-state index in [-0.39, 0.29) is 5.82 Å². The number of halogens is 1. The number of nitrogens with zero attached hydrogens (tertiary/aromatic N) is 1. The zero-order valence-corrected chi connectivity index (χ0v) is 7.70. The van der Waals surface area contributed by atoms with E-state index in [0.717, 1.165) is 24.4 Å². The minimum absolute atomic E-state index is 0.258. The maximum atomic E-state index is 13.0. The average Bonchev–Trinajstić information content (AvgIpc) is 2.41. The Morgan fingerprint density at radius 1 is 1.43 bits per heavy atom. The van der Waals surface area contributed by atoms with Crippen LogP contribution in [-0.4, -0.2) is 17.6 Å². The first-order valence-electron chi connectivity index (χ1n) is 4.89. The summed E-state index contributed by atoms with van der Waals surface area (Å²) in [5, 5.41) is 3.36. The molecule has 1 aromatic heterocycles. The number of rotatable bonds is 1. The van der Waals surface area contributed by atoms with Crippen molar-refractivity contribution in [3.63, 3.8) is 0 Å². The Balaban J connectivity index is 1.95. The standard InChI is InChI=1S/C11H11FN2/c12-9-3-8(4-13-6-9)10-2-1-7-5-14-11(7)10/h2-4,6-7,11,14H,1,5H2/t7-,11+/m1/s1. The third-order valence-corrected chi connectivity index (χ3v) is 3.09. The summed E-state index contributed by atoms with van der Waals surface area (Å²) in [6.45, 7) is 1.09. The molecular weight excluding hydrogens is 179 g/mol. The minimum Gasteiger partial charge on any atom is -0.309 e. The Morgan fingerprint density at radius 3 is 3.00 bits per heavy atom. The van der Waals surface area contributed by atoms with Crippen LogP contribution in [0.5, 0.6) is 0 Å². The molecule has 14 heavy (non-hydrogen) atoms. The van der Waals surface area contributed by atoms with Crippen molar-refractivity contribution < 1.29 is 4.39 Å². The van der Waals surface area contributed by atoms with Crippen molar-refractivity contribution in [1.82, 2.24) is 10.3 Å². The molecule has 0 saturated carbocycles. The number of nitrogens with one attached hydrogen (secondary N) is 1. The van der Waals surface area contributed by atoms with E-state index in [2.05, 4.69) is 16.4 Å². The number of allylic oxidation sites excluding steroid dienone is 1. The lowest BCUT2D eigenvalue weighted by Gasteiger charge is -2.34. The van der Waals surface area contributed by atoms with Crippen molar-refractivity contribution in [2.75, 3.05) is 6.54 Å². The summed E-state index contributed by atoms with van der Waals surface area (Å²) >= 11 is 0. The van der Waals surface area contributed by atoms with E-state index < -0.39 is 0 Å². The number of pyridine rings is 1. The molecule has 1 fully saturated rings.